The van der Waals surface area contributed by atoms with Gasteiger partial charge in [0, 0.05) is 33.3 Å². The summed E-state index contributed by atoms with van der Waals surface area (Å²) in [6.45, 7) is 4.91. The molecule has 5 heteroatoms. The first kappa shape index (κ1) is 21.5. The van der Waals surface area contributed by atoms with Crippen molar-refractivity contribution in [2.24, 2.45) is 16.8 Å². The maximum atomic E-state index is 5.75. The Bertz CT molecular complexity index is 523. The highest BCUT2D eigenvalue weighted by molar-refractivity contribution is 14.0. The Morgan fingerprint density at radius 1 is 1.12 bits per heavy atom. The van der Waals surface area contributed by atoms with Crippen LogP contribution in [0.15, 0.2) is 35.3 Å². The predicted molar refractivity (Wildman–Crippen MR) is 119 cm³/mol. The van der Waals surface area contributed by atoms with Crippen LogP contribution >= 0.6 is 24.0 Å². The van der Waals surface area contributed by atoms with Gasteiger partial charge in [0.1, 0.15) is 0 Å². The maximum absolute atomic E-state index is 5.75. The molecule has 2 atom stereocenters. The van der Waals surface area contributed by atoms with E-state index < -0.39 is 0 Å². The molecule has 1 aliphatic heterocycles. The van der Waals surface area contributed by atoms with Crippen LogP contribution in [0.5, 0.6) is 0 Å². The third-order valence-corrected chi connectivity index (χ3v) is 5.60. The molecule has 0 radical (unpaired) electrons. The van der Waals surface area contributed by atoms with Gasteiger partial charge >= 0.3 is 0 Å². The molecule has 0 bridgehead atoms. The molecule has 1 saturated heterocycles. The second kappa shape index (κ2) is 11.8. The first-order valence-electron chi connectivity index (χ1n) is 9.94. The summed E-state index contributed by atoms with van der Waals surface area (Å²) in [5.41, 5.74) is 1.25. The van der Waals surface area contributed by atoms with Gasteiger partial charge < -0.3 is 15.0 Å². The van der Waals surface area contributed by atoms with Gasteiger partial charge in [-0.25, -0.2) is 0 Å². The third-order valence-electron chi connectivity index (χ3n) is 5.60. The number of rotatable bonds is 7. The SMILES string of the molecule is CN=C(NCCCCOCc1ccccc1)N1CC2CCCCC2C1.I. The Morgan fingerprint density at radius 3 is 2.46 bits per heavy atom. The van der Waals surface area contributed by atoms with Gasteiger partial charge in [-0.1, -0.05) is 43.2 Å². The Kier molecular flexibility index (Phi) is 9.75. The van der Waals surface area contributed by atoms with Crippen molar-refractivity contribution in [3.63, 3.8) is 0 Å². The van der Waals surface area contributed by atoms with E-state index in [1.165, 1.54) is 44.3 Å². The van der Waals surface area contributed by atoms with Crippen molar-refractivity contribution in [1.82, 2.24) is 10.2 Å². The minimum absolute atomic E-state index is 0. The molecule has 4 nitrogen and oxygen atoms in total. The highest BCUT2D eigenvalue weighted by atomic mass is 127. The number of aliphatic imine (C=N–C) groups is 1. The largest absolute Gasteiger partial charge is 0.377 e. The van der Waals surface area contributed by atoms with Crippen LogP contribution in [0.25, 0.3) is 0 Å². The van der Waals surface area contributed by atoms with Gasteiger partial charge in [0.05, 0.1) is 6.61 Å². The van der Waals surface area contributed by atoms with E-state index in [9.17, 15) is 0 Å². The van der Waals surface area contributed by atoms with E-state index in [2.05, 4.69) is 39.5 Å². The zero-order chi connectivity index (χ0) is 17.3. The lowest BCUT2D eigenvalue weighted by Crippen LogP contribution is -2.40. The smallest absolute Gasteiger partial charge is 0.193 e. The average Bonchev–Trinajstić information content (AvgIpc) is 3.09. The lowest BCUT2D eigenvalue weighted by atomic mass is 9.82. The Labute approximate surface area is 175 Å². The molecule has 2 unspecified atom stereocenters. The van der Waals surface area contributed by atoms with Crippen LogP contribution in [-0.4, -0.2) is 44.1 Å². The highest BCUT2D eigenvalue weighted by Gasteiger charge is 2.35. The molecule has 146 valence electrons. The van der Waals surface area contributed by atoms with Crippen LogP contribution in [0, 0.1) is 11.8 Å². The monoisotopic (exact) mass is 471 g/mol. The molecule has 2 fully saturated rings. The van der Waals surface area contributed by atoms with Crippen molar-refractivity contribution < 1.29 is 4.74 Å². The Hall–Kier alpha value is -0.820. The number of hydrogen-bond acceptors (Lipinski definition) is 2. The number of guanidine groups is 1. The number of nitrogens with zero attached hydrogens (tertiary/aromatic N) is 2. The third kappa shape index (κ3) is 6.41. The molecule has 0 spiro atoms. The highest BCUT2D eigenvalue weighted by Crippen LogP contribution is 2.35. The molecular formula is C21H34IN3O. The van der Waals surface area contributed by atoms with Crippen LogP contribution in [0.3, 0.4) is 0 Å². The molecule has 1 heterocycles. The molecule has 1 saturated carbocycles. The summed E-state index contributed by atoms with van der Waals surface area (Å²) in [5.74, 6) is 2.90. The van der Waals surface area contributed by atoms with Gasteiger partial charge in [0.25, 0.3) is 0 Å². The zero-order valence-electron chi connectivity index (χ0n) is 16.0. The van der Waals surface area contributed by atoms with Crippen molar-refractivity contribution in [2.75, 3.05) is 33.3 Å². The van der Waals surface area contributed by atoms with E-state index in [0.29, 0.717) is 6.61 Å². The van der Waals surface area contributed by atoms with E-state index in [1.54, 1.807) is 0 Å². The van der Waals surface area contributed by atoms with Crippen molar-refractivity contribution in [1.29, 1.82) is 0 Å². The molecule has 3 rings (SSSR count). The fraction of sp³-hybridized carbons (Fsp3) is 0.667. The molecule has 0 amide bonds. The van der Waals surface area contributed by atoms with Crippen molar-refractivity contribution in [2.45, 2.75) is 45.1 Å². The lowest BCUT2D eigenvalue weighted by molar-refractivity contribution is 0.117. The molecule has 1 aromatic carbocycles. The summed E-state index contributed by atoms with van der Waals surface area (Å²) in [7, 11) is 1.91. The van der Waals surface area contributed by atoms with Gasteiger partial charge in [-0.05, 0) is 43.1 Å². The van der Waals surface area contributed by atoms with Gasteiger partial charge in [-0.15, -0.1) is 24.0 Å². The maximum Gasteiger partial charge on any atom is 0.193 e. The second-order valence-electron chi connectivity index (χ2n) is 7.43. The molecule has 0 aromatic heterocycles. The molecule has 1 N–H and O–H groups in total. The standard InChI is InChI=1S/C21H33N3O.HI/c1-22-21(24-15-19-11-5-6-12-20(19)16-24)23-13-7-8-14-25-17-18-9-3-2-4-10-18;/h2-4,9-10,19-20H,5-8,11-17H2,1H3,(H,22,23);1H. The van der Waals surface area contributed by atoms with Gasteiger partial charge in [-0.2, -0.15) is 0 Å². The number of fused-ring (bicyclic) bond motifs is 1. The summed E-state index contributed by atoms with van der Waals surface area (Å²) < 4.78 is 5.75. The van der Waals surface area contributed by atoms with E-state index in [0.717, 1.165) is 43.8 Å². The number of halogens is 1. The topological polar surface area (TPSA) is 36.9 Å². The van der Waals surface area contributed by atoms with Gasteiger partial charge in [-0.3, -0.25) is 4.99 Å². The molecular weight excluding hydrogens is 437 g/mol. The molecule has 1 aliphatic carbocycles. The first-order valence-corrected chi connectivity index (χ1v) is 9.94. The van der Waals surface area contributed by atoms with Crippen molar-refractivity contribution in [3.05, 3.63) is 35.9 Å². The number of ether oxygens (including phenoxy) is 1. The van der Waals surface area contributed by atoms with Gasteiger partial charge in [0.2, 0.25) is 0 Å². The molecule has 2 aliphatic rings. The second-order valence-corrected chi connectivity index (χ2v) is 7.43. The van der Waals surface area contributed by atoms with Crippen LogP contribution in [0.2, 0.25) is 0 Å². The first-order chi connectivity index (χ1) is 12.4. The lowest BCUT2D eigenvalue weighted by Gasteiger charge is -2.22. The summed E-state index contributed by atoms with van der Waals surface area (Å²) in [6.07, 6.45) is 7.87. The summed E-state index contributed by atoms with van der Waals surface area (Å²) in [4.78, 5) is 6.98. The summed E-state index contributed by atoms with van der Waals surface area (Å²) >= 11 is 0. The van der Waals surface area contributed by atoms with E-state index in [4.69, 9.17) is 4.74 Å². The summed E-state index contributed by atoms with van der Waals surface area (Å²) in [5, 5.41) is 3.55. The minimum Gasteiger partial charge on any atom is -0.377 e. The van der Waals surface area contributed by atoms with Crippen molar-refractivity contribution in [3.8, 4) is 0 Å². The van der Waals surface area contributed by atoms with Gasteiger partial charge in [0.15, 0.2) is 5.96 Å². The van der Waals surface area contributed by atoms with Crippen LogP contribution in [0.1, 0.15) is 44.1 Å². The van der Waals surface area contributed by atoms with Crippen LogP contribution in [-0.2, 0) is 11.3 Å². The zero-order valence-corrected chi connectivity index (χ0v) is 18.4. The fourth-order valence-corrected chi connectivity index (χ4v) is 4.20. The van der Waals surface area contributed by atoms with Crippen molar-refractivity contribution >= 4 is 29.9 Å². The Morgan fingerprint density at radius 2 is 1.81 bits per heavy atom. The van der Waals surface area contributed by atoms with Crippen LogP contribution < -0.4 is 5.32 Å². The fourth-order valence-electron chi connectivity index (χ4n) is 4.20. The molecule has 1 aromatic rings. The molecule has 26 heavy (non-hydrogen) atoms. The van der Waals surface area contributed by atoms with Crippen LogP contribution in [0.4, 0.5) is 0 Å². The predicted octanol–water partition coefficient (Wildman–Crippen LogP) is 4.30. The van der Waals surface area contributed by atoms with E-state index in [-0.39, 0.29) is 24.0 Å². The minimum atomic E-state index is 0. The normalized spacial score (nSPS) is 22.7. The summed E-state index contributed by atoms with van der Waals surface area (Å²) in [6, 6.07) is 10.4. The average molecular weight is 471 g/mol. The number of likely N-dealkylation sites (tertiary alicyclic amines) is 1. The number of unbranched alkanes of at least 4 members (excludes halogenated alkanes) is 1. The quantitative estimate of drug-likeness (QED) is 0.279. The number of benzene rings is 1. The van der Waals surface area contributed by atoms with E-state index >= 15 is 0 Å². The Balaban J connectivity index is 0.00000243. The van der Waals surface area contributed by atoms with E-state index in [1.807, 2.05) is 13.1 Å². The number of nitrogens with one attached hydrogen (secondary N) is 1. The number of hydrogen-bond donors (Lipinski definition) is 1.